The van der Waals surface area contributed by atoms with Crippen LogP contribution >= 0.6 is 11.8 Å². The second-order valence-electron chi connectivity index (χ2n) is 4.41. The molecule has 0 spiro atoms. The number of piperidine rings is 1. The Hall–Kier alpha value is -0.870. The van der Waals surface area contributed by atoms with Crippen LogP contribution in [0.25, 0.3) is 0 Å². The minimum Gasteiger partial charge on any atom is -0.496 e. The summed E-state index contributed by atoms with van der Waals surface area (Å²) in [6, 6.07) is 5.89. The topological polar surface area (TPSA) is 47.3 Å². The zero-order chi connectivity index (χ0) is 12.1. The Morgan fingerprint density at radius 2 is 2.18 bits per heavy atom. The van der Waals surface area contributed by atoms with Crippen LogP contribution in [-0.2, 0) is 0 Å². The number of hydrogen-bond donors (Lipinski definition) is 2. The van der Waals surface area contributed by atoms with Gasteiger partial charge in [0.05, 0.1) is 7.11 Å². The minimum atomic E-state index is 0.757. The Balaban J connectivity index is 1.93. The summed E-state index contributed by atoms with van der Waals surface area (Å²) in [5, 5.41) is 3.39. The van der Waals surface area contributed by atoms with Gasteiger partial charge in [-0.25, -0.2) is 0 Å². The van der Waals surface area contributed by atoms with Crippen LogP contribution in [0.1, 0.15) is 12.8 Å². The molecular weight excluding hydrogens is 232 g/mol. The van der Waals surface area contributed by atoms with E-state index in [1.165, 1.54) is 23.5 Å². The van der Waals surface area contributed by atoms with Crippen LogP contribution in [0, 0.1) is 5.92 Å². The molecule has 1 heterocycles. The number of nitrogens with two attached hydrogens (primary N) is 1. The third-order valence-electron chi connectivity index (χ3n) is 3.12. The second kappa shape index (κ2) is 6.17. The number of anilines is 1. The monoisotopic (exact) mass is 252 g/mol. The van der Waals surface area contributed by atoms with E-state index in [9.17, 15) is 0 Å². The van der Waals surface area contributed by atoms with Crippen molar-refractivity contribution in [3.8, 4) is 5.75 Å². The standard InChI is InChI=1S/C13H20N2OS/c1-16-12-8-11(14)2-3-13(12)17-9-10-4-6-15-7-5-10/h2-3,8,10,15H,4-7,9,14H2,1H3. The summed E-state index contributed by atoms with van der Waals surface area (Å²) in [7, 11) is 1.70. The lowest BCUT2D eigenvalue weighted by Gasteiger charge is -2.22. The molecule has 1 saturated heterocycles. The van der Waals surface area contributed by atoms with Gasteiger partial charge in [-0.15, -0.1) is 11.8 Å². The highest BCUT2D eigenvalue weighted by molar-refractivity contribution is 7.99. The zero-order valence-corrected chi connectivity index (χ0v) is 11.1. The first-order valence-corrected chi connectivity index (χ1v) is 7.05. The SMILES string of the molecule is COc1cc(N)ccc1SCC1CCNCC1. The molecule has 0 amide bonds. The van der Waals surface area contributed by atoms with Crippen molar-refractivity contribution < 1.29 is 4.74 Å². The van der Waals surface area contributed by atoms with Gasteiger partial charge in [-0.1, -0.05) is 0 Å². The second-order valence-corrected chi connectivity index (χ2v) is 5.48. The normalized spacial score (nSPS) is 17.0. The first kappa shape index (κ1) is 12.6. The van der Waals surface area contributed by atoms with Gasteiger partial charge in [0.2, 0.25) is 0 Å². The highest BCUT2D eigenvalue weighted by atomic mass is 32.2. The summed E-state index contributed by atoms with van der Waals surface area (Å²) in [6.45, 7) is 2.31. The lowest BCUT2D eigenvalue weighted by Crippen LogP contribution is -2.28. The highest BCUT2D eigenvalue weighted by Crippen LogP contribution is 2.33. The summed E-state index contributed by atoms with van der Waals surface area (Å²) < 4.78 is 5.35. The fourth-order valence-electron chi connectivity index (χ4n) is 2.06. The molecule has 17 heavy (non-hydrogen) atoms. The minimum absolute atomic E-state index is 0.757. The number of benzene rings is 1. The first-order valence-electron chi connectivity index (χ1n) is 6.06. The van der Waals surface area contributed by atoms with E-state index in [1.54, 1.807) is 7.11 Å². The molecule has 0 bridgehead atoms. The number of hydrogen-bond acceptors (Lipinski definition) is 4. The van der Waals surface area contributed by atoms with Crippen LogP contribution in [0.4, 0.5) is 5.69 Å². The van der Waals surface area contributed by atoms with E-state index in [-0.39, 0.29) is 0 Å². The maximum atomic E-state index is 5.74. The molecule has 4 heteroatoms. The van der Waals surface area contributed by atoms with Crippen LogP contribution < -0.4 is 15.8 Å². The molecule has 0 aliphatic carbocycles. The molecule has 1 aliphatic heterocycles. The van der Waals surface area contributed by atoms with E-state index in [2.05, 4.69) is 11.4 Å². The molecule has 94 valence electrons. The summed E-state index contributed by atoms with van der Waals surface area (Å²) in [4.78, 5) is 1.19. The molecule has 2 rings (SSSR count). The average Bonchev–Trinajstić information content (AvgIpc) is 2.38. The largest absolute Gasteiger partial charge is 0.496 e. The Bertz CT molecular complexity index is 364. The molecule has 1 aromatic carbocycles. The molecular formula is C13H20N2OS. The summed E-state index contributed by atoms with van der Waals surface area (Å²) in [6.07, 6.45) is 2.56. The summed E-state index contributed by atoms with van der Waals surface area (Å²) >= 11 is 1.88. The molecule has 1 fully saturated rings. The van der Waals surface area contributed by atoms with Crippen molar-refractivity contribution in [1.29, 1.82) is 0 Å². The van der Waals surface area contributed by atoms with Gasteiger partial charge >= 0.3 is 0 Å². The third-order valence-corrected chi connectivity index (χ3v) is 4.41. The van der Waals surface area contributed by atoms with Crippen molar-refractivity contribution in [2.75, 3.05) is 31.7 Å². The quantitative estimate of drug-likeness (QED) is 0.638. The van der Waals surface area contributed by atoms with Crippen molar-refractivity contribution in [2.24, 2.45) is 5.92 Å². The maximum absolute atomic E-state index is 5.74. The number of rotatable bonds is 4. The van der Waals surface area contributed by atoms with Gasteiger partial charge < -0.3 is 15.8 Å². The molecule has 0 unspecified atom stereocenters. The predicted molar refractivity (Wildman–Crippen MR) is 73.7 cm³/mol. The van der Waals surface area contributed by atoms with Crippen LogP contribution in [0.5, 0.6) is 5.75 Å². The Morgan fingerprint density at radius 3 is 2.88 bits per heavy atom. The van der Waals surface area contributed by atoms with Gasteiger partial charge in [0.15, 0.2) is 0 Å². The van der Waals surface area contributed by atoms with E-state index in [1.807, 2.05) is 23.9 Å². The molecule has 0 atom stereocenters. The van der Waals surface area contributed by atoms with Crippen molar-refractivity contribution in [3.63, 3.8) is 0 Å². The zero-order valence-electron chi connectivity index (χ0n) is 10.2. The van der Waals surface area contributed by atoms with Crippen molar-refractivity contribution in [2.45, 2.75) is 17.7 Å². The van der Waals surface area contributed by atoms with E-state index in [4.69, 9.17) is 10.5 Å². The highest BCUT2D eigenvalue weighted by Gasteiger charge is 2.14. The van der Waals surface area contributed by atoms with Crippen molar-refractivity contribution >= 4 is 17.4 Å². The van der Waals surface area contributed by atoms with E-state index in [0.29, 0.717) is 0 Å². The molecule has 0 saturated carbocycles. The van der Waals surface area contributed by atoms with Gasteiger partial charge in [0.1, 0.15) is 5.75 Å². The maximum Gasteiger partial charge on any atom is 0.134 e. The van der Waals surface area contributed by atoms with E-state index >= 15 is 0 Å². The Kier molecular flexibility index (Phi) is 4.57. The smallest absolute Gasteiger partial charge is 0.134 e. The van der Waals surface area contributed by atoms with Crippen LogP contribution in [-0.4, -0.2) is 26.0 Å². The van der Waals surface area contributed by atoms with Gasteiger partial charge in [-0.2, -0.15) is 0 Å². The summed E-state index contributed by atoms with van der Waals surface area (Å²) in [5.41, 5.74) is 6.50. The Morgan fingerprint density at radius 1 is 1.41 bits per heavy atom. The fraction of sp³-hybridized carbons (Fsp3) is 0.538. The van der Waals surface area contributed by atoms with Crippen LogP contribution in [0.2, 0.25) is 0 Å². The van der Waals surface area contributed by atoms with Gasteiger partial charge in [-0.05, 0) is 44.0 Å². The van der Waals surface area contributed by atoms with Crippen molar-refractivity contribution in [1.82, 2.24) is 5.32 Å². The van der Waals surface area contributed by atoms with E-state index < -0.39 is 0 Å². The number of nitrogen functional groups attached to an aromatic ring is 1. The predicted octanol–water partition coefficient (Wildman–Crippen LogP) is 2.37. The molecule has 0 radical (unpaired) electrons. The third kappa shape index (κ3) is 3.54. The van der Waals surface area contributed by atoms with Gasteiger partial charge in [0, 0.05) is 22.4 Å². The number of nitrogens with one attached hydrogen (secondary N) is 1. The van der Waals surface area contributed by atoms with Gasteiger partial charge in [-0.3, -0.25) is 0 Å². The number of methoxy groups -OCH3 is 1. The molecule has 3 N–H and O–H groups in total. The lowest BCUT2D eigenvalue weighted by atomic mass is 10.0. The molecule has 0 aromatic heterocycles. The average molecular weight is 252 g/mol. The van der Waals surface area contributed by atoms with E-state index in [0.717, 1.165) is 30.4 Å². The lowest BCUT2D eigenvalue weighted by molar-refractivity contribution is 0.402. The van der Waals surface area contributed by atoms with Crippen LogP contribution in [0.3, 0.4) is 0 Å². The van der Waals surface area contributed by atoms with Crippen LogP contribution in [0.15, 0.2) is 23.1 Å². The number of ether oxygens (including phenoxy) is 1. The first-order chi connectivity index (χ1) is 8.29. The molecule has 3 nitrogen and oxygen atoms in total. The Labute approximate surface area is 107 Å². The fourth-order valence-corrected chi connectivity index (χ4v) is 3.26. The molecule has 1 aliphatic rings. The van der Waals surface area contributed by atoms with Gasteiger partial charge in [0.25, 0.3) is 0 Å². The summed E-state index contributed by atoms with van der Waals surface area (Å²) in [5.74, 6) is 2.88. The number of thioether (sulfide) groups is 1. The molecule has 1 aromatic rings. The van der Waals surface area contributed by atoms with Crippen molar-refractivity contribution in [3.05, 3.63) is 18.2 Å².